The van der Waals surface area contributed by atoms with E-state index in [4.69, 9.17) is 33.2 Å². The van der Waals surface area contributed by atoms with Crippen LogP contribution in [0.3, 0.4) is 0 Å². The van der Waals surface area contributed by atoms with E-state index >= 15 is 0 Å². The Hall–Kier alpha value is -1.89. The average molecular weight is 661 g/mol. The minimum atomic E-state index is -1.76. The molecule has 1 aliphatic carbocycles. The van der Waals surface area contributed by atoms with Gasteiger partial charge in [-0.05, 0) is 55.2 Å². The van der Waals surface area contributed by atoms with Crippen molar-refractivity contribution < 1.29 is 48.2 Å². The highest BCUT2D eigenvalue weighted by Crippen LogP contribution is 2.47. The first kappa shape index (κ1) is 36.4. The van der Waals surface area contributed by atoms with Crippen LogP contribution in [-0.4, -0.2) is 97.9 Å². The normalized spacial score (nSPS) is 43.1. The molecule has 3 fully saturated rings. The highest BCUT2D eigenvalue weighted by atomic mass is 16.7. The van der Waals surface area contributed by atoms with Gasteiger partial charge in [0.15, 0.2) is 5.79 Å². The molecule has 4 heterocycles. The van der Waals surface area contributed by atoms with Crippen molar-refractivity contribution in [1.82, 2.24) is 0 Å². The number of hydrogen-bond acceptors (Lipinski definition) is 10. The molecule has 2 bridgehead atoms. The molecule has 0 aromatic heterocycles. The quantitative estimate of drug-likeness (QED) is 0.171. The summed E-state index contributed by atoms with van der Waals surface area (Å²) in [7, 11) is 1.63. The van der Waals surface area contributed by atoms with Crippen LogP contribution in [0.5, 0.6) is 0 Å². The lowest BCUT2D eigenvalue weighted by molar-refractivity contribution is -0.340. The molecule has 0 unspecified atom stereocenters. The van der Waals surface area contributed by atoms with Gasteiger partial charge >= 0.3 is 5.97 Å². The molecule has 3 saturated heterocycles. The summed E-state index contributed by atoms with van der Waals surface area (Å²) < 4.78 is 42.9. The van der Waals surface area contributed by atoms with Crippen molar-refractivity contribution in [2.75, 3.05) is 33.7 Å². The van der Waals surface area contributed by atoms with Crippen LogP contribution in [0.15, 0.2) is 47.1 Å². The third-order valence-corrected chi connectivity index (χ3v) is 10.7. The summed E-state index contributed by atoms with van der Waals surface area (Å²) in [5, 5.41) is 23.3. The molecule has 47 heavy (non-hydrogen) atoms. The lowest BCUT2D eigenvalue weighted by Gasteiger charge is -2.50. The van der Waals surface area contributed by atoms with E-state index in [1.165, 1.54) is 0 Å². The van der Waals surface area contributed by atoms with Crippen LogP contribution >= 0.6 is 0 Å². The highest BCUT2D eigenvalue weighted by Gasteiger charge is 2.60. The Morgan fingerprint density at radius 2 is 1.89 bits per heavy atom. The number of fused-ring (bicyclic) bond motifs is 2. The largest absolute Gasteiger partial charge is 0.462 e. The number of hydrogen-bond donors (Lipinski definition) is 2. The second-order valence-corrected chi connectivity index (χ2v) is 14.6. The van der Waals surface area contributed by atoms with Crippen molar-refractivity contribution in [2.24, 2.45) is 23.7 Å². The molecule has 5 rings (SSSR count). The summed E-state index contributed by atoms with van der Waals surface area (Å²) >= 11 is 0. The molecule has 2 N–H and O–H groups in total. The number of ether oxygens (including phenoxy) is 7. The number of carbonyl (C=O) groups is 1. The first-order valence-electron chi connectivity index (χ1n) is 17.4. The standard InChI is InChI=1S/C37H56O10/c1-22(2)32-25(5)13-14-36(47-32)19-29-18-28(46-36)12-11-24(4)33(44-21-42-16-15-41-7)23(3)9-8-10-27-20-43-34-31(38)26(6)17-30(35(39)45-29)37(27,34)40/h8-11,17,22-23,25,28-34,38,40H,12-16,18-21H2,1-7H3/b9-8-,24-11-,27-10?/t23-,25-,28+,29-,30-,31+,32+,33-,34+,36+,37+/m0/s1. The molecule has 0 saturated carbocycles. The van der Waals surface area contributed by atoms with Gasteiger partial charge < -0.3 is 43.4 Å². The van der Waals surface area contributed by atoms with Crippen LogP contribution < -0.4 is 0 Å². The summed E-state index contributed by atoms with van der Waals surface area (Å²) in [5.41, 5.74) is 0.358. The first-order valence-corrected chi connectivity index (χ1v) is 17.4. The molecule has 5 aliphatic rings. The van der Waals surface area contributed by atoms with Crippen LogP contribution in [0.2, 0.25) is 0 Å². The fourth-order valence-electron chi connectivity index (χ4n) is 8.03. The van der Waals surface area contributed by atoms with Gasteiger partial charge in [-0.15, -0.1) is 0 Å². The molecule has 0 aromatic rings. The molecule has 264 valence electrons. The molecular formula is C37H56O10. The average Bonchev–Trinajstić information content (AvgIpc) is 3.37. The van der Waals surface area contributed by atoms with Crippen LogP contribution in [0, 0.1) is 23.7 Å². The SMILES string of the molecule is COCCOCO[C@@H]1/C(C)=C\C[C@@H]2C[C@@H](C[C@]3(CC[C@H](C)[C@@H](C(C)C)O3)O2)OC(=O)[C@@H]2C=C(C)[C@@H](O)[C@H]3OCC(=C/C=C\[C@@H]1C)[C@]32O. The zero-order valence-electron chi connectivity index (χ0n) is 29.2. The monoisotopic (exact) mass is 660 g/mol. The van der Waals surface area contributed by atoms with Crippen molar-refractivity contribution in [2.45, 2.75) is 122 Å². The van der Waals surface area contributed by atoms with Gasteiger partial charge in [-0.1, -0.05) is 58.1 Å². The maximum atomic E-state index is 14.1. The van der Waals surface area contributed by atoms with Gasteiger partial charge in [0, 0.05) is 32.3 Å². The summed E-state index contributed by atoms with van der Waals surface area (Å²) in [4.78, 5) is 14.1. The zero-order valence-corrected chi connectivity index (χ0v) is 29.2. The number of esters is 1. The number of rotatable bonds is 7. The predicted octanol–water partition coefficient (Wildman–Crippen LogP) is 4.79. The summed E-state index contributed by atoms with van der Waals surface area (Å²) in [6, 6.07) is 0. The Morgan fingerprint density at radius 3 is 2.64 bits per heavy atom. The third-order valence-electron chi connectivity index (χ3n) is 10.7. The van der Waals surface area contributed by atoms with E-state index in [1.807, 2.05) is 12.2 Å². The Kier molecular flexibility index (Phi) is 11.9. The van der Waals surface area contributed by atoms with E-state index in [0.29, 0.717) is 61.9 Å². The molecule has 4 aliphatic heterocycles. The molecule has 11 atom stereocenters. The van der Waals surface area contributed by atoms with E-state index in [2.05, 4.69) is 40.7 Å². The van der Waals surface area contributed by atoms with Gasteiger partial charge in [-0.2, -0.15) is 0 Å². The van der Waals surface area contributed by atoms with Crippen molar-refractivity contribution in [3.8, 4) is 0 Å². The van der Waals surface area contributed by atoms with E-state index in [1.54, 1.807) is 26.2 Å². The minimum absolute atomic E-state index is 0.0210. The van der Waals surface area contributed by atoms with Gasteiger partial charge in [0.2, 0.25) is 0 Å². The number of carbonyl (C=O) groups excluding carboxylic acids is 1. The maximum absolute atomic E-state index is 14.1. The fraction of sp³-hybridized carbons (Fsp3) is 0.757. The fourth-order valence-corrected chi connectivity index (χ4v) is 8.03. The molecule has 0 amide bonds. The van der Waals surface area contributed by atoms with Crippen molar-refractivity contribution >= 4 is 5.97 Å². The smallest absolute Gasteiger partial charge is 0.316 e. The van der Waals surface area contributed by atoms with Crippen LogP contribution in [0.1, 0.15) is 73.6 Å². The number of aliphatic hydroxyl groups excluding tert-OH is 1. The van der Waals surface area contributed by atoms with Crippen LogP contribution in [0.25, 0.3) is 0 Å². The molecule has 0 aromatic carbocycles. The van der Waals surface area contributed by atoms with Gasteiger partial charge in [-0.3, -0.25) is 4.79 Å². The Labute approximate surface area is 280 Å². The van der Waals surface area contributed by atoms with Gasteiger partial charge in [0.25, 0.3) is 0 Å². The summed E-state index contributed by atoms with van der Waals surface area (Å²) in [5.74, 6) is -1.83. The second-order valence-electron chi connectivity index (χ2n) is 14.6. The van der Waals surface area contributed by atoms with E-state index in [0.717, 1.165) is 12.0 Å². The molecule has 10 nitrogen and oxygen atoms in total. The van der Waals surface area contributed by atoms with E-state index in [-0.39, 0.29) is 37.6 Å². The van der Waals surface area contributed by atoms with Gasteiger partial charge in [0.05, 0.1) is 38.1 Å². The Morgan fingerprint density at radius 1 is 1.11 bits per heavy atom. The second kappa shape index (κ2) is 15.3. The van der Waals surface area contributed by atoms with E-state index < -0.39 is 41.6 Å². The summed E-state index contributed by atoms with van der Waals surface area (Å²) in [6.45, 7) is 13.5. The zero-order chi connectivity index (χ0) is 33.9. The van der Waals surface area contributed by atoms with Gasteiger partial charge in [-0.25, -0.2) is 0 Å². The van der Waals surface area contributed by atoms with Crippen molar-refractivity contribution in [1.29, 1.82) is 0 Å². The van der Waals surface area contributed by atoms with Crippen LogP contribution in [-0.2, 0) is 38.0 Å². The van der Waals surface area contributed by atoms with Crippen molar-refractivity contribution in [3.05, 3.63) is 47.1 Å². The summed E-state index contributed by atoms with van der Waals surface area (Å²) in [6.07, 6.45) is 9.55. The Bertz CT molecular complexity index is 1220. The molecular weight excluding hydrogens is 604 g/mol. The Balaban J connectivity index is 1.51. The topological polar surface area (TPSA) is 122 Å². The highest BCUT2D eigenvalue weighted by molar-refractivity contribution is 5.78. The number of allylic oxidation sites excluding steroid dienone is 2. The van der Waals surface area contributed by atoms with E-state index in [9.17, 15) is 15.0 Å². The third kappa shape index (κ3) is 7.80. The van der Waals surface area contributed by atoms with Gasteiger partial charge in [0.1, 0.15) is 36.6 Å². The predicted molar refractivity (Wildman–Crippen MR) is 175 cm³/mol. The molecule has 1 spiro atoms. The number of methoxy groups -OCH3 is 1. The first-order chi connectivity index (χ1) is 22.4. The lowest BCUT2D eigenvalue weighted by Crippen LogP contribution is -2.58. The molecule has 0 radical (unpaired) electrons. The lowest BCUT2D eigenvalue weighted by atomic mass is 9.71. The van der Waals surface area contributed by atoms with Crippen LogP contribution in [0.4, 0.5) is 0 Å². The molecule has 10 heteroatoms. The maximum Gasteiger partial charge on any atom is 0.316 e. The number of aliphatic hydroxyl groups is 2. The van der Waals surface area contributed by atoms with Crippen molar-refractivity contribution in [3.63, 3.8) is 0 Å². The minimum Gasteiger partial charge on any atom is -0.462 e.